The maximum Gasteiger partial charge on any atom is 0.357 e. The van der Waals surface area contributed by atoms with Crippen molar-refractivity contribution in [3.05, 3.63) is 28.7 Å². The summed E-state index contributed by atoms with van der Waals surface area (Å²) in [6.07, 6.45) is 3.79. The largest absolute Gasteiger partial charge is 0.461 e. The van der Waals surface area contributed by atoms with E-state index >= 15 is 0 Å². The van der Waals surface area contributed by atoms with E-state index in [2.05, 4.69) is 9.97 Å². The van der Waals surface area contributed by atoms with Gasteiger partial charge in [0.05, 0.1) is 24.9 Å². The average molecular weight is 302 g/mol. The van der Waals surface area contributed by atoms with Gasteiger partial charge in [-0.25, -0.2) is 9.78 Å². The topological polar surface area (TPSA) is 81.3 Å². The molecule has 2 aromatic rings. The van der Waals surface area contributed by atoms with E-state index in [0.717, 1.165) is 29.4 Å². The van der Waals surface area contributed by atoms with Crippen LogP contribution in [0.4, 0.5) is 0 Å². The number of hydrogen-bond acceptors (Lipinski definition) is 5. The number of ether oxygens (including phenoxy) is 2. The lowest BCUT2D eigenvalue weighted by molar-refractivity contribution is 0.0514. The van der Waals surface area contributed by atoms with Crippen molar-refractivity contribution in [3.8, 4) is 0 Å². The highest BCUT2D eigenvalue weighted by atomic mass is 16.5. The smallest absolute Gasteiger partial charge is 0.357 e. The first-order valence-electron chi connectivity index (χ1n) is 7.39. The molecule has 0 atom stereocenters. The number of rotatable bonds is 4. The van der Waals surface area contributed by atoms with Crippen molar-refractivity contribution < 1.29 is 19.1 Å². The van der Waals surface area contributed by atoms with Gasteiger partial charge < -0.3 is 14.5 Å². The number of fused-ring (bicyclic) bond motifs is 3. The molecule has 0 aliphatic heterocycles. The van der Waals surface area contributed by atoms with Gasteiger partial charge in [0, 0.05) is 35.7 Å². The number of Topliss-reactive ketones (excluding diaryl/α,β-unsaturated/α-hetero) is 1. The number of aromatic nitrogens is 2. The van der Waals surface area contributed by atoms with Gasteiger partial charge in [-0.05, 0) is 19.8 Å². The van der Waals surface area contributed by atoms with Gasteiger partial charge in [0.1, 0.15) is 0 Å². The number of nitrogens with one attached hydrogen (secondary N) is 1. The normalized spacial score (nSPS) is 14.2. The molecule has 0 fully saturated rings. The average Bonchev–Trinajstić information content (AvgIpc) is 2.88. The Morgan fingerprint density at radius 1 is 1.41 bits per heavy atom. The van der Waals surface area contributed by atoms with E-state index in [1.807, 2.05) is 0 Å². The van der Waals surface area contributed by atoms with Crippen LogP contribution in [0.5, 0.6) is 0 Å². The molecule has 1 N–H and O–H groups in total. The highest BCUT2D eigenvalue weighted by molar-refractivity contribution is 6.12. The molecule has 0 bridgehead atoms. The fourth-order valence-corrected chi connectivity index (χ4v) is 3.01. The van der Waals surface area contributed by atoms with Crippen LogP contribution >= 0.6 is 0 Å². The number of H-pyrrole nitrogens is 1. The molecule has 6 nitrogen and oxygen atoms in total. The molecule has 6 heteroatoms. The predicted molar refractivity (Wildman–Crippen MR) is 80.0 cm³/mol. The van der Waals surface area contributed by atoms with Crippen LogP contribution in [0.3, 0.4) is 0 Å². The number of carbonyl (C=O) groups is 2. The second kappa shape index (κ2) is 5.88. The van der Waals surface area contributed by atoms with E-state index in [0.29, 0.717) is 17.5 Å². The summed E-state index contributed by atoms with van der Waals surface area (Å²) in [5, 5.41) is 0.750. The third-order valence-corrected chi connectivity index (χ3v) is 3.88. The fraction of sp³-hybridized carbons (Fsp3) is 0.438. The number of methoxy groups -OCH3 is 1. The fourth-order valence-electron chi connectivity index (χ4n) is 3.01. The summed E-state index contributed by atoms with van der Waals surface area (Å²) in [6, 6.07) is 0. The van der Waals surface area contributed by atoms with Crippen LogP contribution < -0.4 is 0 Å². The van der Waals surface area contributed by atoms with Crippen LogP contribution in [0.15, 0.2) is 6.20 Å². The Bertz CT molecular complexity index is 748. The Labute approximate surface area is 127 Å². The van der Waals surface area contributed by atoms with Gasteiger partial charge >= 0.3 is 5.97 Å². The molecule has 1 aliphatic rings. The van der Waals surface area contributed by atoms with Crippen LogP contribution in [0.1, 0.15) is 51.9 Å². The molecule has 0 amide bonds. The number of nitrogens with zero attached hydrogens (tertiary/aromatic N) is 1. The number of aryl methyl sites for hydroxylation is 1. The van der Waals surface area contributed by atoms with Crippen molar-refractivity contribution in [1.82, 2.24) is 9.97 Å². The van der Waals surface area contributed by atoms with Crippen LogP contribution in [0, 0.1) is 0 Å². The summed E-state index contributed by atoms with van der Waals surface area (Å²) in [7, 11) is 1.55. The van der Waals surface area contributed by atoms with Crippen LogP contribution in [-0.2, 0) is 22.5 Å². The molecule has 2 aromatic heterocycles. The summed E-state index contributed by atoms with van der Waals surface area (Å²) in [6.45, 7) is 2.22. The van der Waals surface area contributed by atoms with Gasteiger partial charge in [0.15, 0.2) is 11.5 Å². The first-order valence-corrected chi connectivity index (χ1v) is 7.39. The number of hydrogen-bond donors (Lipinski definition) is 1. The minimum atomic E-state index is -0.491. The SMILES string of the molecule is CCOC(=O)c1ncc2[nH]c3c(c2c1COC)C(=O)CCC3. The summed E-state index contributed by atoms with van der Waals surface area (Å²) < 4.78 is 10.3. The van der Waals surface area contributed by atoms with E-state index in [1.165, 1.54) is 0 Å². The van der Waals surface area contributed by atoms with Gasteiger partial charge in [-0.1, -0.05) is 0 Å². The van der Waals surface area contributed by atoms with Gasteiger partial charge in [-0.15, -0.1) is 0 Å². The third kappa shape index (κ3) is 2.29. The predicted octanol–water partition coefficient (Wildman–Crippen LogP) is 2.41. The van der Waals surface area contributed by atoms with Crippen molar-refractivity contribution in [2.24, 2.45) is 0 Å². The Hall–Kier alpha value is -2.21. The molecule has 3 rings (SSSR count). The van der Waals surface area contributed by atoms with E-state index in [9.17, 15) is 9.59 Å². The first-order chi connectivity index (χ1) is 10.7. The Morgan fingerprint density at radius 3 is 2.95 bits per heavy atom. The molecular formula is C16H18N2O4. The van der Waals surface area contributed by atoms with Gasteiger partial charge in [0.2, 0.25) is 0 Å². The van der Waals surface area contributed by atoms with E-state index in [4.69, 9.17) is 9.47 Å². The second-order valence-corrected chi connectivity index (χ2v) is 5.28. The Morgan fingerprint density at radius 2 is 2.23 bits per heavy atom. The van der Waals surface area contributed by atoms with Crippen LogP contribution in [0.2, 0.25) is 0 Å². The zero-order valence-corrected chi connectivity index (χ0v) is 12.7. The number of esters is 1. The van der Waals surface area contributed by atoms with Crippen LogP contribution in [-0.4, -0.2) is 35.4 Å². The van der Waals surface area contributed by atoms with E-state index < -0.39 is 5.97 Å². The van der Waals surface area contributed by atoms with Crippen molar-refractivity contribution in [2.45, 2.75) is 32.8 Å². The summed E-state index contributed by atoms with van der Waals surface area (Å²) in [4.78, 5) is 31.9. The molecule has 0 spiro atoms. The number of aromatic amines is 1. The Kier molecular flexibility index (Phi) is 3.94. The van der Waals surface area contributed by atoms with Crippen LogP contribution in [0.25, 0.3) is 10.9 Å². The molecule has 1 aliphatic carbocycles. The third-order valence-electron chi connectivity index (χ3n) is 3.88. The summed E-state index contributed by atoms with van der Waals surface area (Å²) >= 11 is 0. The zero-order chi connectivity index (χ0) is 15.7. The van der Waals surface area contributed by atoms with Gasteiger partial charge in [-0.2, -0.15) is 0 Å². The number of carbonyl (C=O) groups excluding carboxylic acids is 2. The van der Waals surface area contributed by atoms with Gasteiger partial charge in [0.25, 0.3) is 0 Å². The van der Waals surface area contributed by atoms with Crippen molar-refractivity contribution in [1.29, 1.82) is 0 Å². The van der Waals surface area contributed by atoms with Crippen molar-refractivity contribution in [3.63, 3.8) is 0 Å². The lowest BCUT2D eigenvalue weighted by atomic mass is 9.92. The zero-order valence-electron chi connectivity index (χ0n) is 12.7. The Balaban J connectivity index is 2.26. The summed E-state index contributed by atoms with van der Waals surface area (Å²) in [5.74, 6) is -0.388. The van der Waals surface area contributed by atoms with Crippen molar-refractivity contribution >= 4 is 22.7 Å². The van der Waals surface area contributed by atoms with E-state index in [1.54, 1.807) is 20.2 Å². The first kappa shape index (κ1) is 14.7. The maximum absolute atomic E-state index is 12.3. The number of pyridine rings is 1. The molecular weight excluding hydrogens is 284 g/mol. The molecule has 0 saturated heterocycles. The number of ketones is 1. The second-order valence-electron chi connectivity index (χ2n) is 5.28. The molecule has 0 unspecified atom stereocenters. The lowest BCUT2D eigenvalue weighted by Gasteiger charge is -2.12. The molecule has 0 radical (unpaired) electrons. The quantitative estimate of drug-likeness (QED) is 0.877. The standard InChI is InChI=1S/C16H18N2O4/c1-3-22-16(20)15-9(8-21-2)13-11(7-17-15)18-10-5-4-6-12(19)14(10)13/h7,18H,3-6,8H2,1-2H3. The minimum absolute atomic E-state index is 0.103. The monoisotopic (exact) mass is 302 g/mol. The lowest BCUT2D eigenvalue weighted by Crippen LogP contribution is -2.13. The molecule has 0 saturated carbocycles. The van der Waals surface area contributed by atoms with Gasteiger partial charge in [-0.3, -0.25) is 4.79 Å². The highest BCUT2D eigenvalue weighted by Gasteiger charge is 2.27. The minimum Gasteiger partial charge on any atom is -0.461 e. The maximum atomic E-state index is 12.3. The molecule has 22 heavy (non-hydrogen) atoms. The molecule has 116 valence electrons. The molecule has 2 heterocycles. The van der Waals surface area contributed by atoms with E-state index in [-0.39, 0.29) is 24.7 Å². The molecule has 0 aromatic carbocycles. The highest BCUT2D eigenvalue weighted by Crippen LogP contribution is 2.32. The summed E-state index contributed by atoms with van der Waals surface area (Å²) in [5.41, 5.74) is 3.20. The van der Waals surface area contributed by atoms with Crippen molar-refractivity contribution in [2.75, 3.05) is 13.7 Å².